The first-order valence-electron chi connectivity index (χ1n) is 9.25. The Morgan fingerprint density at radius 1 is 0.867 bits per heavy atom. The molecule has 1 N–H and O–H groups in total. The van der Waals surface area contributed by atoms with E-state index in [-0.39, 0.29) is 0 Å². The quantitative estimate of drug-likeness (QED) is 0.546. The number of imide groups is 1. The van der Waals surface area contributed by atoms with Crippen LogP contribution < -0.4 is 10.1 Å². The Kier molecular flexibility index (Phi) is 5.37. The number of ether oxygens (including phenoxy) is 1. The van der Waals surface area contributed by atoms with Gasteiger partial charge in [-0.05, 0) is 67.6 Å². The Bertz CT molecular complexity index is 1090. The minimum Gasteiger partial charge on any atom is -0.457 e. The SMILES string of the molecule is C[C@H](C(=O)Nc1ccc(Oc2ccc(Br)cc2)cc1)N1C(=O)c2ccccc2C1=O. The molecule has 1 heterocycles. The molecule has 4 rings (SSSR count). The fourth-order valence-corrected chi connectivity index (χ4v) is 3.43. The lowest BCUT2D eigenvalue weighted by atomic mass is 10.1. The maximum absolute atomic E-state index is 12.7. The smallest absolute Gasteiger partial charge is 0.262 e. The topological polar surface area (TPSA) is 75.7 Å². The molecule has 0 fully saturated rings. The number of fused-ring (bicyclic) bond motifs is 1. The predicted octanol–water partition coefficient (Wildman–Crippen LogP) is 4.86. The maximum atomic E-state index is 12.7. The van der Waals surface area contributed by atoms with Gasteiger partial charge in [0.15, 0.2) is 0 Å². The highest BCUT2D eigenvalue weighted by Crippen LogP contribution is 2.26. The fraction of sp³-hybridized carbons (Fsp3) is 0.0870. The zero-order chi connectivity index (χ0) is 21.3. The number of nitrogens with one attached hydrogen (secondary N) is 1. The van der Waals surface area contributed by atoms with Gasteiger partial charge in [0, 0.05) is 10.2 Å². The minimum absolute atomic E-state index is 0.316. The van der Waals surface area contributed by atoms with Gasteiger partial charge in [-0.15, -0.1) is 0 Å². The van der Waals surface area contributed by atoms with Crippen molar-refractivity contribution in [3.05, 3.63) is 88.4 Å². The lowest BCUT2D eigenvalue weighted by molar-refractivity contribution is -0.119. The molecule has 1 atom stereocenters. The molecule has 3 amide bonds. The fourth-order valence-electron chi connectivity index (χ4n) is 3.17. The highest BCUT2D eigenvalue weighted by molar-refractivity contribution is 9.10. The first-order chi connectivity index (χ1) is 14.4. The number of nitrogens with zero attached hydrogens (tertiary/aromatic N) is 1. The van der Waals surface area contributed by atoms with Gasteiger partial charge in [-0.3, -0.25) is 19.3 Å². The van der Waals surface area contributed by atoms with Crippen LogP contribution in [-0.2, 0) is 4.79 Å². The van der Waals surface area contributed by atoms with E-state index in [9.17, 15) is 14.4 Å². The molecule has 1 aliphatic heterocycles. The summed E-state index contributed by atoms with van der Waals surface area (Å²) in [6, 6.07) is 19.9. The number of carbonyl (C=O) groups excluding carboxylic acids is 3. The van der Waals surface area contributed by atoms with Crippen molar-refractivity contribution in [2.45, 2.75) is 13.0 Å². The van der Waals surface area contributed by atoms with Gasteiger partial charge >= 0.3 is 0 Å². The van der Waals surface area contributed by atoms with Gasteiger partial charge in [0.1, 0.15) is 17.5 Å². The summed E-state index contributed by atoms with van der Waals surface area (Å²) >= 11 is 3.37. The summed E-state index contributed by atoms with van der Waals surface area (Å²) in [6.07, 6.45) is 0. The summed E-state index contributed by atoms with van der Waals surface area (Å²) in [5.74, 6) is -0.0722. The van der Waals surface area contributed by atoms with E-state index in [1.807, 2.05) is 24.3 Å². The first-order valence-corrected chi connectivity index (χ1v) is 10.0. The average Bonchev–Trinajstić information content (AvgIpc) is 3.01. The van der Waals surface area contributed by atoms with Crippen LogP contribution in [0.4, 0.5) is 5.69 Å². The van der Waals surface area contributed by atoms with Crippen molar-refractivity contribution in [3.8, 4) is 11.5 Å². The lowest BCUT2D eigenvalue weighted by Crippen LogP contribution is -2.45. The van der Waals surface area contributed by atoms with Gasteiger partial charge < -0.3 is 10.1 Å². The van der Waals surface area contributed by atoms with Crippen molar-refractivity contribution in [2.75, 3.05) is 5.32 Å². The molecule has 3 aromatic carbocycles. The van der Waals surface area contributed by atoms with E-state index in [4.69, 9.17) is 4.74 Å². The van der Waals surface area contributed by atoms with Gasteiger partial charge in [0.25, 0.3) is 11.8 Å². The molecule has 30 heavy (non-hydrogen) atoms. The van der Waals surface area contributed by atoms with E-state index in [2.05, 4.69) is 21.2 Å². The number of amides is 3. The van der Waals surface area contributed by atoms with E-state index in [1.165, 1.54) is 6.92 Å². The van der Waals surface area contributed by atoms with Crippen molar-refractivity contribution in [1.82, 2.24) is 4.90 Å². The Hall–Kier alpha value is -3.45. The van der Waals surface area contributed by atoms with Gasteiger partial charge in [0.2, 0.25) is 5.91 Å². The van der Waals surface area contributed by atoms with Crippen molar-refractivity contribution < 1.29 is 19.1 Å². The molecular formula is C23H17BrN2O4. The molecule has 150 valence electrons. The van der Waals surface area contributed by atoms with Crippen LogP contribution in [0.15, 0.2) is 77.3 Å². The number of rotatable bonds is 5. The highest BCUT2D eigenvalue weighted by atomic mass is 79.9. The van der Waals surface area contributed by atoms with Crippen LogP contribution in [0.1, 0.15) is 27.6 Å². The van der Waals surface area contributed by atoms with E-state index >= 15 is 0 Å². The number of benzene rings is 3. The number of hydrogen-bond acceptors (Lipinski definition) is 4. The van der Waals surface area contributed by atoms with E-state index in [0.29, 0.717) is 28.3 Å². The molecule has 3 aromatic rings. The average molecular weight is 465 g/mol. The molecule has 0 aromatic heterocycles. The van der Waals surface area contributed by atoms with E-state index < -0.39 is 23.8 Å². The molecule has 7 heteroatoms. The number of hydrogen-bond donors (Lipinski definition) is 1. The molecule has 0 unspecified atom stereocenters. The van der Waals surface area contributed by atoms with Crippen molar-refractivity contribution in [2.24, 2.45) is 0 Å². The first kappa shape index (κ1) is 19.8. The monoisotopic (exact) mass is 464 g/mol. The summed E-state index contributed by atoms with van der Waals surface area (Å²) in [5.41, 5.74) is 1.17. The molecule has 0 saturated heterocycles. The zero-order valence-electron chi connectivity index (χ0n) is 16.0. The largest absolute Gasteiger partial charge is 0.457 e. The van der Waals surface area contributed by atoms with Gasteiger partial charge in [0.05, 0.1) is 11.1 Å². The summed E-state index contributed by atoms with van der Waals surface area (Å²) in [5, 5.41) is 2.74. The third-order valence-corrected chi connectivity index (χ3v) is 5.29. The summed E-state index contributed by atoms with van der Waals surface area (Å²) < 4.78 is 6.71. The second-order valence-electron chi connectivity index (χ2n) is 6.77. The molecule has 6 nitrogen and oxygen atoms in total. The number of anilines is 1. The van der Waals surface area contributed by atoms with Crippen LogP contribution in [-0.4, -0.2) is 28.7 Å². The zero-order valence-corrected chi connectivity index (χ0v) is 17.5. The highest BCUT2D eigenvalue weighted by Gasteiger charge is 2.40. The summed E-state index contributed by atoms with van der Waals surface area (Å²) in [4.78, 5) is 38.7. The molecular weight excluding hydrogens is 448 g/mol. The van der Waals surface area contributed by atoms with Crippen LogP contribution in [0.5, 0.6) is 11.5 Å². The second kappa shape index (κ2) is 8.12. The third-order valence-electron chi connectivity index (χ3n) is 4.76. The Morgan fingerprint density at radius 2 is 1.37 bits per heavy atom. The van der Waals surface area contributed by atoms with Crippen molar-refractivity contribution in [3.63, 3.8) is 0 Å². The molecule has 0 spiro atoms. The van der Waals surface area contributed by atoms with Crippen LogP contribution in [0, 0.1) is 0 Å². The number of carbonyl (C=O) groups is 3. The predicted molar refractivity (Wildman–Crippen MR) is 116 cm³/mol. The standard InChI is InChI=1S/C23H17BrN2O4/c1-14(26-22(28)19-4-2-3-5-20(19)23(26)29)21(27)25-16-8-12-18(13-9-16)30-17-10-6-15(24)7-11-17/h2-14H,1H3,(H,25,27)/t14-/m1/s1. The summed E-state index contributed by atoms with van der Waals surface area (Å²) in [7, 11) is 0. The Balaban J connectivity index is 1.42. The molecule has 0 aliphatic carbocycles. The van der Waals surface area contributed by atoms with Crippen molar-refractivity contribution in [1.29, 1.82) is 0 Å². The normalized spacial score (nSPS) is 13.7. The molecule has 0 radical (unpaired) electrons. The van der Waals surface area contributed by atoms with Crippen LogP contribution in [0.3, 0.4) is 0 Å². The molecule has 1 aliphatic rings. The van der Waals surface area contributed by atoms with Crippen LogP contribution in [0.2, 0.25) is 0 Å². The summed E-state index contributed by atoms with van der Waals surface area (Å²) in [6.45, 7) is 1.53. The third kappa shape index (κ3) is 3.84. The van der Waals surface area contributed by atoms with Crippen molar-refractivity contribution >= 4 is 39.3 Å². The Morgan fingerprint density at radius 3 is 1.90 bits per heavy atom. The Labute approximate surface area is 181 Å². The van der Waals surface area contributed by atoms with Crippen LogP contribution in [0.25, 0.3) is 0 Å². The van der Waals surface area contributed by atoms with Gasteiger partial charge in [-0.25, -0.2) is 0 Å². The van der Waals surface area contributed by atoms with E-state index in [1.54, 1.807) is 48.5 Å². The second-order valence-corrected chi connectivity index (χ2v) is 7.69. The molecule has 0 saturated carbocycles. The van der Waals surface area contributed by atoms with Crippen LogP contribution >= 0.6 is 15.9 Å². The molecule has 0 bridgehead atoms. The lowest BCUT2D eigenvalue weighted by Gasteiger charge is -2.21. The maximum Gasteiger partial charge on any atom is 0.262 e. The minimum atomic E-state index is -0.948. The van der Waals surface area contributed by atoms with E-state index in [0.717, 1.165) is 9.37 Å². The number of halogens is 1. The van der Waals surface area contributed by atoms with Gasteiger partial charge in [-0.1, -0.05) is 28.1 Å². The van der Waals surface area contributed by atoms with Gasteiger partial charge in [-0.2, -0.15) is 0 Å².